The van der Waals surface area contributed by atoms with Crippen molar-refractivity contribution in [3.05, 3.63) is 47.3 Å². The topological polar surface area (TPSA) is 58.2 Å². The first-order chi connectivity index (χ1) is 11.7. The van der Waals surface area contributed by atoms with Crippen molar-refractivity contribution < 1.29 is 9.53 Å². The maximum atomic E-state index is 13.2. The van der Waals surface area contributed by atoms with Gasteiger partial charge >= 0.3 is 0 Å². The highest BCUT2D eigenvalue weighted by Gasteiger charge is 2.36. The van der Waals surface area contributed by atoms with Gasteiger partial charge in [0.2, 0.25) is 0 Å². The Bertz CT molecular complexity index is 747. The molecule has 4 rings (SSSR count). The molecule has 2 atom stereocenters. The second kappa shape index (κ2) is 6.06. The monoisotopic (exact) mass is 325 g/mol. The molecular formula is C19H23N3O2. The summed E-state index contributed by atoms with van der Waals surface area (Å²) < 4.78 is 5.47. The average Bonchev–Trinajstić information content (AvgIpc) is 3.31. The van der Waals surface area contributed by atoms with E-state index < -0.39 is 0 Å². The van der Waals surface area contributed by atoms with Gasteiger partial charge in [0, 0.05) is 30.7 Å². The van der Waals surface area contributed by atoms with E-state index in [-0.39, 0.29) is 11.8 Å². The summed E-state index contributed by atoms with van der Waals surface area (Å²) in [5, 5.41) is 7.17. The number of nitrogens with one attached hydrogen (secondary N) is 1. The van der Waals surface area contributed by atoms with Crippen molar-refractivity contribution in [2.45, 2.75) is 32.1 Å². The van der Waals surface area contributed by atoms with E-state index in [1.165, 1.54) is 5.56 Å². The van der Waals surface area contributed by atoms with Crippen molar-refractivity contribution in [2.75, 3.05) is 24.7 Å². The third-order valence-electron chi connectivity index (χ3n) is 5.29. The Hall–Kier alpha value is -2.14. The van der Waals surface area contributed by atoms with Crippen LogP contribution < -0.4 is 4.90 Å². The fourth-order valence-corrected chi connectivity index (χ4v) is 3.89. The van der Waals surface area contributed by atoms with Crippen LogP contribution in [0.5, 0.6) is 0 Å². The van der Waals surface area contributed by atoms with Crippen LogP contribution in [0.25, 0.3) is 0 Å². The minimum Gasteiger partial charge on any atom is -0.381 e. The molecule has 2 aliphatic rings. The molecule has 1 aromatic heterocycles. The summed E-state index contributed by atoms with van der Waals surface area (Å²) in [5.74, 6) is 1.16. The van der Waals surface area contributed by atoms with Gasteiger partial charge in [0.25, 0.3) is 5.91 Å². The van der Waals surface area contributed by atoms with Crippen LogP contribution in [0.3, 0.4) is 0 Å². The lowest BCUT2D eigenvalue weighted by molar-refractivity contribution is 0.0986. The van der Waals surface area contributed by atoms with Crippen molar-refractivity contribution in [3.63, 3.8) is 0 Å². The van der Waals surface area contributed by atoms with Gasteiger partial charge in [0.15, 0.2) is 0 Å². The quantitative estimate of drug-likeness (QED) is 0.942. The Kier molecular flexibility index (Phi) is 3.88. The molecule has 5 heteroatoms. The molecule has 1 fully saturated rings. The number of H-pyrrole nitrogens is 1. The number of hydrogen-bond donors (Lipinski definition) is 1. The Morgan fingerprint density at radius 3 is 2.96 bits per heavy atom. The summed E-state index contributed by atoms with van der Waals surface area (Å²) in [6, 6.07) is 8.26. The van der Waals surface area contributed by atoms with Gasteiger partial charge in [-0.2, -0.15) is 5.10 Å². The van der Waals surface area contributed by atoms with Crippen LogP contribution >= 0.6 is 0 Å². The summed E-state index contributed by atoms with van der Waals surface area (Å²) in [6.45, 7) is 6.58. The highest BCUT2D eigenvalue weighted by atomic mass is 16.5. The van der Waals surface area contributed by atoms with Gasteiger partial charge < -0.3 is 9.64 Å². The summed E-state index contributed by atoms with van der Waals surface area (Å²) in [6.07, 6.45) is 2.61. The van der Waals surface area contributed by atoms with Gasteiger partial charge in [-0.3, -0.25) is 9.89 Å². The van der Waals surface area contributed by atoms with E-state index in [1.807, 2.05) is 17.0 Å². The van der Waals surface area contributed by atoms with Crippen LogP contribution in [0.1, 0.15) is 53.7 Å². The lowest BCUT2D eigenvalue weighted by Crippen LogP contribution is -2.31. The van der Waals surface area contributed by atoms with Gasteiger partial charge in [-0.25, -0.2) is 0 Å². The summed E-state index contributed by atoms with van der Waals surface area (Å²) in [5.41, 5.74) is 3.92. The number of benzene rings is 1. The number of carbonyl (C=O) groups excluding carboxylic acids is 1. The third kappa shape index (κ3) is 2.44. The molecule has 1 amide bonds. The van der Waals surface area contributed by atoms with Gasteiger partial charge in [-0.1, -0.05) is 32.0 Å². The normalized spacial score (nSPS) is 23.0. The van der Waals surface area contributed by atoms with Crippen LogP contribution in [-0.2, 0) is 4.74 Å². The largest absolute Gasteiger partial charge is 0.381 e. The van der Waals surface area contributed by atoms with Crippen LogP contribution in [0.4, 0.5) is 5.69 Å². The Labute approximate surface area is 142 Å². The second-order valence-electron chi connectivity index (χ2n) is 7.08. The molecule has 0 bridgehead atoms. The molecule has 3 heterocycles. The zero-order chi connectivity index (χ0) is 16.7. The molecular weight excluding hydrogens is 302 g/mol. The maximum absolute atomic E-state index is 13.2. The first-order valence-corrected chi connectivity index (χ1v) is 8.68. The predicted octanol–water partition coefficient (Wildman–Crippen LogP) is 3.31. The molecule has 2 aromatic rings. The third-order valence-corrected chi connectivity index (χ3v) is 5.29. The highest BCUT2D eigenvalue weighted by molar-refractivity contribution is 6.08. The zero-order valence-electron chi connectivity index (χ0n) is 14.2. The number of carbonyl (C=O) groups is 1. The molecule has 1 aromatic carbocycles. The number of rotatable bonds is 3. The minimum atomic E-state index is 0.0428. The average molecular weight is 325 g/mol. The molecule has 0 radical (unpaired) electrons. The van der Waals surface area contributed by atoms with Crippen LogP contribution in [0.15, 0.2) is 30.5 Å². The van der Waals surface area contributed by atoms with Gasteiger partial charge in [-0.15, -0.1) is 0 Å². The molecule has 0 unspecified atom stereocenters. The summed E-state index contributed by atoms with van der Waals surface area (Å²) in [4.78, 5) is 15.2. The molecule has 24 heavy (non-hydrogen) atoms. The highest BCUT2D eigenvalue weighted by Crippen LogP contribution is 2.41. The maximum Gasteiger partial charge on any atom is 0.261 e. The first kappa shape index (κ1) is 15.4. The van der Waals surface area contributed by atoms with E-state index in [4.69, 9.17) is 4.74 Å². The molecule has 126 valence electrons. The SMILES string of the molecule is CC(C)[C@@H]1CN(C(=O)c2cn[nH]c2[C@H]2CCOC2)c2ccccc21. The number of aromatic amines is 1. The van der Waals surface area contributed by atoms with E-state index in [0.717, 1.165) is 31.0 Å². The number of fused-ring (bicyclic) bond motifs is 1. The number of aromatic nitrogens is 2. The standard InChI is InChI=1S/C19H23N3O2/c1-12(2)16-10-22(17-6-4-3-5-14(16)17)19(23)15-9-20-21-18(15)13-7-8-24-11-13/h3-6,9,12-13,16H,7-8,10-11H2,1-2H3,(H,20,21)/t13-,16-/m0/s1. The smallest absolute Gasteiger partial charge is 0.261 e. The van der Waals surface area contributed by atoms with Crippen molar-refractivity contribution >= 4 is 11.6 Å². The van der Waals surface area contributed by atoms with Crippen LogP contribution in [0.2, 0.25) is 0 Å². The Balaban J connectivity index is 1.68. The molecule has 1 saturated heterocycles. The molecule has 2 aliphatic heterocycles. The van der Waals surface area contributed by atoms with Gasteiger partial charge in [-0.05, 0) is 24.0 Å². The molecule has 0 saturated carbocycles. The lowest BCUT2D eigenvalue weighted by atomic mass is 9.90. The van der Waals surface area contributed by atoms with E-state index in [0.29, 0.717) is 24.0 Å². The van der Waals surface area contributed by atoms with Crippen molar-refractivity contribution in [1.29, 1.82) is 0 Å². The van der Waals surface area contributed by atoms with Crippen molar-refractivity contribution in [2.24, 2.45) is 5.92 Å². The summed E-state index contributed by atoms with van der Waals surface area (Å²) >= 11 is 0. The zero-order valence-corrected chi connectivity index (χ0v) is 14.2. The summed E-state index contributed by atoms with van der Waals surface area (Å²) in [7, 11) is 0. The number of hydrogen-bond acceptors (Lipinski definition) is 3. The van der Waals surface area contributed by atoms with E-state index in [2.05, 4.69) is 36.2 Å². The second-order valence-corrected chi connectivity index (χ2v) is 7.08. The molecule has 0 spiro atoms. The Morgan fingerprint density at radius 1 is 1.38 bits per heavy atom. The van der Waals surface area contributed by atoms with E-state index in [1.54, 1.807) is 6.20 Å². The molecule has 5 nitrogen and oxygen atoms in total. The minimum absolute atomic E-state index is 0.0428. The van der Waals surface area contributed by atoms with Gasteiger partial charge in [0.1, 0.15) is 0 Å². The Morgan fingerprint density at radius 2 is 2.21 bits per heavy atom. The first-order valence-electron chi connectivity index (χ1n) is 8.68. The fraction of sp³-hybridized carbons (Fsp3) is 0.474. The lowest BCUT2D eigenvalue weighted by Gasteiger charge is -2.20. The van der Waals surface area contributed by atoms with Crippen LogP contribution in [-0.4, -0.2) is 35.9 Å². The number of ether oxygens (including phenoxy) is 1. The number of nitrogens with zero attached hydrogens (tertiary/aromatic N) is 2. The van der Waals surface area contributed by atoms with Crippen LogP contribution in [0, 0.1) is 5.92 Å². The fourth-order valence-electron chi connectivity index (χ4n) is 3.89. The number of para-hydroxylation sites is 1. The number of amides is 1. The van der Waals surface area contributed by atoms with Gasteiger partial charge in [0.05, 0.1) is 24.1 Å². The molecule has 1 N–H and O–H groups in total. The predicted molar refractivity (Wildman–Crippen MR) is 92.5 cm³/mol. The van der Waals surface area contributed by atoms with E-state index >= 15 is 0 Å². The van der Waals surface area contributed by atoms with E-state index in [9.17, 15) is 4.79 Å². The molecule has 0 aliphatic carbocycles. The van der Waals surface area contributed by atoms with Crippen molar-refractivity contribution in [3.8, 4) is 0 Å². The number of anilines is 1. The van der Waals surface area contributed by atoms with Crippen molar-refractivity contribution in [1.82, 2.24) is 10.2 Å².